The van der Waals surface area contributed by atoms with Gasteiger partial charge in [-0.3, -0.25) is 15.0 Å². The highest BCUT2D eigenvalue weighted by Crippen LogP contribution is 2.28. The Bertz CT molecular complexity index is 1380. The van der Waals surface area contributed by atoms with E-state index in [4.69, 9.17) is 37.4 Å². The van der Waals surface area contributed by atoms with Crippen molar-refractivity contribution < 1.29 is 45.8 Å². The Balaban J connectivity index is 0.000000745. The summed E-state index contributed by atoms with van der Waals surface area (Å²) in [6.07, 6.45) is -5.49. The molecule has 0 aromatic heterocycles. The molecule has 224 valence electrons. The van der Waals surface area contributed by atoms with E-state index in [-0.39, 0.29) is 28.8 Å². The van der Waals surface area contributed by atoms with Crippen LogP contribution in [0.4, 0.5) is 18.9 Å². The number of carbonyl (C=O) groups is 3. The number of nitrogens with one attached hydrogen (secondary N) is 3. The Morgan fingerprint density at radius 1 is 1.12 bits per heavy atom. The summed E-state index contributed by atoms with van der Waals surface area (Å²) in [5.41, 5.74) is 6.99. The minimum Gasteiger partial charge on any atom is -0.475 e. The zero-order valence-electron chi connectivity index (χ0n) is 21.5. The van der Waals surface area contributed by atoms with Crippen LogP contribution in [0, 0.1) is 5.41 Å². The van der Waals surface area contributed by atoms with Crippen molar-refractivity contribution in [3.63, 3.8) is 0 Å². The molecule has 2 aromatic carbocycles. The summed E-state index contributed by atoms with van der Waals surface area (Å²) in [4.78, 5) is 33.4. The molecule has 6 N–H and O–H groups in total. The Morgan fingerprint density at radius 2 is 1.68 bits per heavy atom. The Labute approximate surface area is 238 Å². The average Bonchev–Trinajstić information content (AvgIpc) is 2.88. The number of anilines is 1. The van der Waals surface area contributed by atoms with Gasteiger partial charge in [0.25, 0.3) is 0 Å². The van der Waals surface area contributed by atoms with Crippen LogP contribution in [0.25, 0.3) is 0 Å². The summed E-state index contributed by atoms with van der Waals surface area (Å²) in [7, 11) is -3.75. The monoisotopic (exact) mass is 621 g/mol. The van der Waals surface area contributed by atoms with Gasteiger partial charge in [-0.1, -0.05) is 17.7 Å². The first-order valence-electron chi connectivity index (χ1n) is 11.7. The molecule has 3 rings (SSSR count). The lowest BCUT2D eigenvalue weighted by Crippen LogP contribution is -2.40. The summed E-state index contributed by atoms with van der Waals surface area (Å²) in [5.74, 6) is -3.86. The van der Waals surface area contributed by atoms with Crippen LogP contribution >= 0.6 is 11.6 Å². The third kappa shape index (κ3) is 10.00. The highest BCUT2D eigenvalue weighted by molar-refractivity contribution is 7.89. The highest BCUT2D eigenvalue weighted by atomic mass is 35.5. The number of rotatable bonds is 8. The molecule has 41 heavy (non-hydrogen) atoms. The second-order valence-corrected chi connectivity index (χ2v) is 10.8. The predicted molar refractivity (Wildman–Crippen MR) is 142 cm³/mol. The first-order chi connectivity index (χ1) is 19.0. The second-order valence-electron chi connectivity index (χ2n) is 8.51. The molecule has 0 bridgehead atoms. The van der Waals surface area contributed by atoms with Gasteiger partial charge in [-0.2, -0.15) is 17.5 Å². The largest absolute Gasteiger partial charge is 0.490 e. The van der Waals surface area contributed by atoms with E-state index < -0.39 is 46.4 Å². The summed E-state index contributed by atoms with van der Waals surface area (Å²) >= 11 is 6.28. The molecule has 0 radical (unpaired) electrons. The average molecular weight is 622 g/mol. The number of aliphatic carboxylic acids is 1. The van der Waals surface area contributed by atoms with E-state index in [2.05, 4.69) is 10.6 Å². The number of alkyl halides is 3. The van der Waals surface area contributed by atoms with Crippen LogP contribution in [0.2, 0.25) is 5.02 Å². The smallest absolute Gasteiger partial charge is 0.475 e. The minimum atomic E-state index is -5.08. The van der Waals surface area contributed by atoms with Crippen molar-refractivity contribution in [3.05, 3.63) is 58.6 Å². The van der Waals surface area contributed by atoms with Crippen molar-refractivity contribution in [1.82, 2.24) is 9.62 Å². The van der Waals surface area contributed by atoms with E-state index in [9.17, 15) is 31.2 Å². The second kappa shape index (κ2) is 14.2. The lowest BCUT2D eigenvalue weighted by atomic mass is 10.1. The van der Waals surface area contributed by atoms with Crippen molar-refractivity contribution >= 4 is 50.9 Å². The number of ether oxygens (including phenoxy) is 1. The van der Waals surface area contributed by atoms with Gasteiger partial charge in [0.1, 0.15) is 17.2 Å². The first-order valence-corrected chi connectivity index (χ1v) is 13.5. The third-order valence-corrected chi connectivity index (χ3v) is 7.85. The fourth-order valence-electron chi connectivity index (χ4n) is 3.38. The van der Waals surface area contributed by atoms with Crippen LogP contribution in [0.15, 0.2) is 47.4 Å². The molecule has 12 nitrogen and oxygen atoms in total. The number of halogens is 4. The molecule has 1 saturated heterocycles. The number of hydrogen-bond acceptors (Lipinski definition) is 7. The van der Waals surface area contributed by atoms with Crippen molar-refractivity contribution in [3.8, 4) is 0 Å². The number of nitrogens with zero attached hydrogens (tertiary/aromatic N) is 1. The molecule has 0 saturated carbocycles. The number of benzene rings is 2. The third-order valence-electron chi connectivity index (χ3n) is 5.46. The molecule has 17 heteroatoms. The van der Waals surface area contributed by atoms with Gasteiger partial charge in [-0.25, -0.2) is 13.2 Å². The maximum atomic E-state index is 12.8. The SMILES string of the molecule is CC(NC(=O)CC(=O)Nc1ccc(C(=N)N)cc1)c1ccc(S(=O)(=O)N2CCOCC2)c(Cl)c1.O=C(O)C(F)(F)F. The molecular weight excluding hydrogens is 595 g/mol. The Hall–Kier alpha value is -3.73. The van der Waals surface area contributed by atoms with E-state index in [1.807, 2.05) is 0 Å². The molecule has 1 aliphatic heterocycles. The molecule has 0 spiro atoms. The fourth-order valence-corrected chi connectivity index (χ4v) is 5.32. The van der Waals surface area contributed by atoms with Gasteiger partial charge in [0.15, 0.2) is 0 Å². The number of amides is 2. The highest BCUT2D eigenvalue weighted by Gasteiger charge is 2.38. The van der Waals surface area contributed by atoms with Crippen LogP contribution in [-0.4, -0.2) is 73.9 Å². The molecular formula is C24H27ClF3N5O7S. The van der Waals surface area contributed by atoms with Gasteiger partial charge >= 0.3 is 12.1 Å². The number of nitrogen functional groups attached to an aromatic ring is 1. The predicted octanol–water partition coefficient (Wildman–Crippen LogP) is 2.48. The van der Waals surface area contributed by atoms with Crippen molar-refractivity contribution in [2.24, 2.45) is 5.73 Å². The zero-order chi connectivity index (χ0) is 31.0. The van der Waals surface area contributed by atoms with Crippen LogP contribution in [-0.2, 0) is 29.1 Å². The van der Waals surface area contributed by atoms with Crippen LogP contribution in [0.3, 0.4) is 0 Å². The van der Waals surface area contributed by atoms with E-state index in [0.717, 1.165) is 0 Å². The minimum absolute atomic E-state index is 0.00601. The summed E-state index contributed by atoms with van der Waals surface area (Å²) in [6, 6.07) is 10.3. The molecule has 2 amide bonds. The van der Waals surface area contributed by atoms with Crippen molar-refractivity contribution in [2.45, 2.75) is 30.5 Å². The number of sulfonamides is 1. The Kier molecular flexibility index (Phi) is 11.6. The van der Waals surface area contributed by atoms with E-state index in [0.29, 0.717) is 30.0 Å². The topological polar surface area (TPSA) is 192 Å². The lowest BCUT2D eigenvalue weighted by molar-refractivity contribution is -0.192. The lowest BCUT2D eigenvalue weighted by Gasteiger charge is -2.26. The number of carboxylic acids is 1. The Morgan fingerprint density at radius 3 is 2.17 bits per heavy atom. The first kappa shape index (κ1) is 33.5. The molecule has 1 atom stereocenters. The van der Waals surface area contributed by atoms with Crippen molar-refractivity contribution in [1.29, 1.82) is 5.41 Å². The maximum absolute atomic E-state index is 12.8. The van der Waals surface area contributed by atoms with E-state index in [1.165, 1.54) is 16.4 Å². The summed E-state index contributed by atoms with van der Waals surface area (Å²) in [6.45, 7) is 2.88. The van der Waals surface area contributed by atoms with Crippen LogP contribution < -0.4 is 16.4 Å². The number of nitrogens with two attached hydrogens (primary N) is 1. The number of morpholine rings is 1. The maximum Gasteiger partial charge on any atom is 0.490 e. The van der Waals surface area contributed by atoms with Gasteiger partial charge in [-0.05, 0) is 48.9 Å². The van der Waals surface area contributed by atoms with Gasteiger partial charge in [0.05, 0.1) is 24.3 Å². The summed E-state index contributed by atoms with van der Waals surface area (Å²) < 4.78 is 64.0. The molecule has 1 fully saturated rings. The zero-order valence-corrected chi connectivity index (χ0v) is 23.1. The number of carboxylic acid groups (broad SMARTS) is 1. The fraction of sp³-hybridized carbons (Fsp3) is 0.333. The van der Waals surface area contributed by atoms with Crippen molar-refractivity contribution in [2.75, 3.05) is 31.6 Å². The van der Waals surface area contributed by atoms with Gasteiger partial charge in [0.2, 0.25) is 21.8 Å². The van der Waals surface area contributed by atoms with Gasteiger partial charge in [0, 0.05) is 24.3 Å². The number of hydrogen-bond donors (Lipinski definition) is 5. The molecule has 1 aliphatic rings. The standard InChI is InChI=1S/C22H26ClN5O5S.C2HF3O2/c1-14(26-20(29)13-21(30)27-17-5-2-15(3-6-17)22(24)25)16-4-7-19(18(23)12-16)34(31,32)28-8-10-33-11-9-28;3-2(4,5)1(6)7/h2-7,12,14H,8-11,13H2,1H3,(H3,24,25)(H,26,29)(H,27,30);(H,6,7). The number of amidine groups is 1. The van der Waals surface area contributed by atoms with Crippen LogP contribution in [0.1, 0.15) is 30.5 Å². The quantitative estimate of drug-likeness (QED) is 0.169. The normalized spacial score (nSPS) is 14.7. The molecule has 0 aliphatic carbocycles. The van der Waals surface area contributed by atoms with Crippen LogP contribution in [0.5, 0.6) is 0 Å². The summed E-state index contributed by atoms with van der Waals surface area (Å²) in [5, 5.41) is 19.9. The van der Waals surface area contributed by atoms with E-state index >= 15 is 0 Å². The number of carbonyl (C=O) groups excluding carboxylic acids is 2. The molecule has 1 heterocycles. The molecule has 2 aromatic rings. The molecule has 1 unspecified atom stereocenters. The van der Waals surface area contributed by atoms with E-state index in [1.54, 1.807) is 37.3 Å². The van der Waals surface area contributed by atoms with Gasteiger partial charge in [-0.15, -0.1) is 0 Å². The van der Waals surface area contributed by atoms with Gasteiger partial charge < -0.3 is 26.2 Å².